The summed E-state index contributed by atoms with van der Waals surface area (Å²) in [5, 5.41) is 2.79. The van der Waals surface area contributed by atoms with Gasteiger partial charge < -0.3 is 15.8 Å². The fraction of sp³-hybridized carbons (Fsp3) is 0.444. The van der Waals surface area contributed by atoms with Crippen LogP contribution in [0.5, 0.6) is 0 Å². The largest absolute Gasteiger partial charge is 0.475 e. The molecule has 0 saturated carbocycles. The molecule has 1 aromatic rings. The Morgan fingerprint density at radius 1 is 1.15 bits per heavy atom. The second kappa shape index (κ2) is 6.88. The van der Waals surface area contributed by atoms with Gasteiger partial charge in [0.1, 0.15) is 6.61 Å². The first-order valence-electron chi connectivity index (χ1n) is 9.09. The zero-order chi connectivity index (χ0) is 19.0. The molecule has 1 heterocycles. The maximum Gasteiger partial charge on any atom is 0.333 e. The van der Waals surface area contributed by atoms with Crippen LogP contribution in [0, 0.1) is 0 Å². The summed E-state index contributed by atoms with van der Waals surface area (Å²) in [5.41, 5.74) is 11.0. The molecule has 0 radical (unpaired) electrons. The number of rotatable bonds is 4. The third-order valence-electron chi connectivity index (χ3n) is 5.18. The molecule has 2 aliphatic carbocycles. The lowest BCUT2D eigenvalue weighted by Gasteiger charge is -2.17. The number of benzene rings is 1. The van der Waals surface area contributed by atoms with Crippen LogP contribution in [0.15, 0.2) is 22.2 Å². The molecular weight excluding hydrogens is 368 g/mol. The van der Waals surface area contributed by atoms with Gasteiger partial charge in [-0.1, -0.05) is 6.07 Å². The molecule has 8 nitrogen and oxygen atoms in total. The van der Waals surface area contributed by atoms with E-state index in [-0.39, 0.29) is 17.4 Å². The Bertz CT molecular complexity index is 934. The fourth-order valence-electron chi connectivity index (χ4n) is 4.04. The molecule has 4 rings (SSSR count). The topological polar surface area (TPSA) is 123 Å². The summed E-state index contributed by atoms with van der Waals surface area (Å²) in [7, 11) is -4.19. The Morgan fingerprint density at radius 2 is 1.81 bits per heavy atom. The van der Waals surface area contributed by atoms with E-state index in [4.69, 9.17) is 10.5 Å². The van der Waals surface area contributed by atoms with Crippen molar-refractivity contribution in [1.82, 2.24) is 4.72 Å². The molecule has 0 fully saturated rings. The van der Waals surface area contributed by atoms with Crippen molar-refractivity contribution in [2.45, 2.75) is 38.5 Å². The molecule has 3 aliphatic rings. The molecule has 0 atom stereocenters. The van der Waals surface area contributed by atoms with Gasteiger partial charge in [0.15, 0.2) is 4.91 Å². The number of urea groups is 1. The summed E-state index contributed by atoms with van der Waals surface area (Å²) < 4.78 is 32.3. The van der Waals surface area contributed by atoms with Gasteiger partial charge in [0.05, 0.1) is 6.54 Å². The lowest BCUT2D eigenvalue weighted by Crippen LogP contribution is -2.37. The molecular formula is C18H22N4O4S. The number of carbonyl (C=O) groups excluding carboxylic acids is 1. The standard InChI is InChI=1S/C18H22N4O4S/c19-10-15(17-20-7-8-26-17)27(24,25)22-18(23)21-16-13-5-1-3-11(13)9-12-4-2-6-14(12)16/h9-10H,1-8,19H2,(H2,21,22,23). The Hall–Kier alpha value is -2.55. The molecule has 4 N–H and O–H groups in total. The number of carbonyl (C=O) groups is 1. The van der Waals surface area contributed by atoms with E-state index in [1.54, 1.807) is 0 Å². The van der Waals surface area contributed by atoms with Gasteiger partial charge in [0.25, 0.3) is 10.0 Å². The van der Waals surface area contributed by atoms with Crippen LogP contribution >= 0.6 is 0 Å². The van der Waals surface area contributed by atoms with Gasteiger partial charge in [-0.15, -0.1) is 0 Å². The van der Waals surface area contributed by atoms with Crippen LogP contribution in [-0.4, -0.2) is 33.5 Å². The molecule has 0 bridgehead atoms. The highest BCUT2D eigenvalue weighted by atomic mass is 32.2. The summed E-state index contributed by atoms with van der Waals surface area (Å²) in [6.45, 7) is 0.646. The van der Waals surface area contributed by atoms with E-state index >= 15 is 0 Å². The van der Waals surface area contributed by atoms with Gasteiger partial charge in [-0.25, -0.2) is 22.9 Å². The van der Waals surface area contributed by atoms with Gasteiger partial charge in [0.2, 0.25) is 5.90 Å². The molecule has 1 aliphatic heterocycles. The van der Waals surface area contributed by atoms with E-state index in [9.17, 15) is 13.2 Å². The Balaban J connectivity index is 1.57. The number of hydrogen-bond donors (Lipinski definition) is 3. The number of sulfonamides is 1. The van der Waals surface area contributed by atoms with E-state index in [0.717, 1.165) is 61.5 Å². The van der Waals surface area contributed by atoms with Gasteiger partial charge in [0, 0.05) is 11.9 Å². The number of fused-ring (bicyclic) bond motifs is 2. The summed E-state index contributed by atoms with van der Waals surface area (Å²) in [6, 6.07) is 1.44. The molecule has 1 aromatic carbocycles. The number of anilines is 1. The van der Waals surface area contributed by atoms with Crippen molar-refractivity contribution in [1.29, 1.82) is 0 Å². The second-order valence-electron chi connectivity index (χ2n) is 6.86. The monoisotopic (exact) mass is 390 g/mol. The van der Waals surface area contributed by atoms with E-state index in [1.165, 1.54) is 11.1 Å². The maximum absolute atomic E-state index is 12.5. The zero-order valence-corrected chi connectivity index (χ0v) is 15.7. The number of aliphatic imine (C=N–C) groups is 1. The zero-order valence-electron chi connectivity index (χ0n) is 14.9. The van der Waals surface area contributed by atoms with Gasteiger partial charge >= 0.3 is 6.03 Å². The number of aryl methyl sites for hydroxylation is 2. The van der Waals surface area contributed by atoms with E-state index < -0.39 is 16.1 Å². The average molecular weight is 390 g/mol. The smallest absolute Gasteiger partial charge is 0.333 e. The lowest BCUT2D eigenvalue weighted by molar-refractivity contribution is 0.256. The number of nitrogens with one attached hydrogen (secondary N) is 2. The van der Waals surface area contributed by atoms with Crippen LogP contribution in [0.3, 0.4) is 0 Å². The van der Waals surface area contributed by atoms with Gasteiger partial charge in [-0.05, 0) is 60.8 Å². The van der Waals surface area contributed by atoms with Gasteiger partial charge in [-0.3, -0.25) is 0 Å². The van der Waals surface area contributed by atoms with E-state index in [1.807, 2.05) is 4.72 Å². The van der Waals surface area contributed by atoms with E-state index in [2.05, 4.69) is 16.4 Å². The number of nitrogens with two attached hydrogens (primary N) is 1. The van der Waals surface area contributed by atoms with Crippen LogP contribution in [-0.2, 0) is 40.4 Å². The number of nitrogens with zero attached hydrogens (tertiary/aromatic N) is 1. The van der Waals surface area contributed by atoms with E-state index in [0.29, 0.717) is 6.54 Å². The first-order valence-corrected chi connectivity index (χ1v) is 10.6. The molecule has 9 heteroatoms. The van der Waals surface area contributed by atoms with Crippen LogP contribution in [0.25, 0.3) is 0 Å². The summed E-state index contributed by atoms with van der Waals surface area (Å²) >= 11 is 0. The highest BCUT2D eigenvalue weighted by Gasteiger charge is 2.30. The number of amides is 2. The van der Waals surface area contributed by atoms with Crippen LogP contribution in [0.4, 0.5) is 10.5 Å². The van der Waals surface area contributed by atoms with Crippen molar-refractivity contribution in [3.63, 3.8) is 0 Å². The minimum atomic E-state index is -4.19. The van der Waals surface area contributed by atoms with Crippen LogP contribution < -0.4 is 15.8 Å². The second-order valence-corrected chi connectivity index (χ2v) is 8.51. The maximum atomic E-state index is 12.5. The molecule has 2 amide bonds. The first-order chi connectivity index (χ1) is 13.0. The van der Waals surface area contributed by atoms with Crippen molar-refractivity contribution in [2.24, 2.45) is 10.7 Å². The molecule has 0 spiro atoms. The number of ether oxygens (including phenoxy) is 1. The predicted molar refractivity (Wildman–Crippen MR) is 102 cm³/mol. The third kappa shape index (κ3) is 3.27. The summed E-state index contributed by atoms with van der Waals surface area (Å²) in [5.74, 6) is -0.0701. The number of hydrogen-bond acceptors (Lipinski definition) is 6. The van der Waals surface area contributed by atoms with Crippen LogP contribution in [0.1, 0.15) is 35.1 Å². The molecule has 0 unspecified atom stereocenters. The molecule has 144 valence electrons. The minimum absolute atomic E-state index is 0.0701. The third-order valence-corrected chi connectivity index (χ3v) is 6.52. The Morgan fingerprint density at radius 3 is 2.37 bits per heavy atom. The van der Waals surface area contributed by atoms with Crippen molar-refractivity contribution in [3.05, 3.63) is 39.4 Å². The summed E-state index contributed by atoms with van der Waals surface area (Å²) in [6.07, 6.45) is 6.75. The van der Waals surface area contributed by atoms with Crippen LogP contribution in [0.2, 0.25) is 0 Å². The SMILES string of the molecule is NC=C(C1=NCCO1)S(=O)(=O)NC(=O)Nc1c2c(cc3c1CCC3)CCC2. The highest BCUT2D eigenvalue weighted by Crippen LogP contribution is 2.38. The minimum Gasteiger partial charge on any atom is -0.475 e. The van der Waals surface area contributed by atoms with Crippen molar-refractivity contribution < 1.29 is 17.9 Å². The quantitative estimate of drug-likeness (QED) is 0.716. The lowest BCUT2D eigenvalue weighted by atomic mass is 9.99. The summed E-state index contributed by atoms with van der Waals surface area (Å²) in [4.78, 5) is 16.1. The first kappa shape index (κ1) is 17.8. The predicted octanol–water partition coefficient (Wildman–Crippen LogP) is 1.34. The average Bonchev–Trinajstić information content (AvgIpc) is 3.35. The Kier molecular flexibility index (Phi) is 4.55. The van der Waals surface area contributed by atoms with Gasteiger partial charge in [-0.2, -0.15) is 0 Å². The fourth-order valence-corrected chi connectivity index (χ4v) is 4.98. The molecule has 0 saturated heterocycles. The highest BCUT2D eigenvalue weighted by molar-refractivity contribution is 7.94. The molecule has 27 heavy (non-hydrogen) atoms. The van der Waals surface area contributed by atoms with Crippen molar-refractivity contribution in [3.8, 4) is 0 Å². The Labute approximate surface area is 157 Å². The molecule has 0 aromatic heterocycles. The van der Waals surface area contributed by atoms with Crippen molar-refractivity contribution >= 4 is 27.6 Å². The van der Waals surface area contributed by atoms with Crippen molar-refractivity contribution in [2.75, 3.05) is 18.5 Å². The normalized spacial score (nSPS) is 18.5.